The van der Waals surface area contributed by atoms with Gasteiger partial charge in [0.05, 0.1) is 66.9 Å². The molecule has 13 aromatic carbocycles. The first-order chi connectivity index (χ1) is 44.8. The number of para-hydroxylation sites is 9. The number of benzene rings is 13. The Morgan fingerprint density at radius 1 is 0.222 bits per heavy atom. The van der Waals surface area contributed by atoms with Crippen molar-refractivity contribution >= 4 is 120 Å². The number of hydrogen-bond donors (Lipinski definition) is 0. The van der Waals surface area contributed by atoms with Gasteiger partial charge in [0, 0.05) is 93.9 Å². The van der Waals surface area contributed by atoms with E-state index >= 15 is 0 Å². The maximum Gasteiger partial charge on any atom is 0.0810 e. The SMILES string of the molecule is C1=CC2c3c(c4c(c5ccccc5n4-c4ccc(-c5ccc(-n6c7ccccc7c7c8c(c9ccccc9n8-c8ccccc8)c8c9ccccc9n(-c9ccccc9)c8c76)cc5)cc4)c4c3c3ccccc3n4-c3ccccc3)N(c3ccccc3)C2C=C1. The van der Waals surface area contributed by atoms with Gasteiger partial charge in [-0.1, -0.05) is 212 Å². The summed E-state index contributed by atoms with van der Waals surface area (Å²) < 4.78 is 12.7. The summed E-state index contributed by atoms with van der Waals surface area (Å²) in [5, 5.41) is 12.5. The Morgan fingerprint density at radius 3 is 0.967 bits per heavy atom. The zero-order valence-corrected chi connectivity index (χ0v) is 48.9. The second-order valence-electron chi connectivity index (χ2n) is 24.2. The van der Waals surface area contributed by atoms with Crippen LogP contribution in [-0.4, -0.2) is 28.9 Å². The summed E-state index contributed by atoms with van der Waals surface area (Å²) in [6, 6.07) is 108. The lowest BCUT2D eigenvalue weighted by molar-refractivity contribution is 0.747. The van der Waals surface area contributed by atoms with Crippen molar-refractivity contribution in [1.82, 2.24) is 22.8 Å². The molecule has 0 saturated carbocycles. The molecule has 2 unspecified atom stereocenters. The van der Waals surface area contributed by atoms with Crippen molar-refractivity contribution in [2.45, 2.75) is 12.0 Å². The molecular formula is C84H54N6. The average Bonchev–Trinajstić information content (AvgIpc) is 1.52. The van der Waals surface area contributed by atoms with Gasteiger partial charge < -0.3 is 27.7 Å². The van der Waals surface area contributed by atoms with E-state index in [-0.39, 0.29) is 12.0 Å². The van der Waals surface area contributed by atoms with Crippen LogP contribution in [0.2, 0.25) is 0 Å². The molecule has 5 aromatic heterocycles. The lowest BCUT2D eigenvalue weighted by Gasteiger charge is -2.29. The molecule has 0 bridgehead atoms. The first kappa shape index (κ1) is 49.3. The molecule has 0 radical (unpaired) electrons. The largest absolute Gasteiger partial charge is 0.332 e. The Kier molecular flexibility index (Phi) is 10.3. The Hall–Kier alpha value is -11.9. The van der Waals surface area contributed by atoms with Crippen molar-refractivity contribution in [3.63, 3.8) is 0 Å². The first-order valence-corrected chi connectivity index (χ1v) is 31.3. The summed E-state index contributed by atoms with van der Waals surface area (Å²) in [6.45, 7) is 0. The molecule has 6 nitrogen and oxygen atoms in total. The van der Waals surface area contributed by atoms with Crippen LogP contribution in [0.1, 0.15) is 11.5 Å². The highest BCUT2D eigenvalue weighted by Crippen LogP contribution is 2.58. The Labute approximate surface area is 517 Å². The highest BCUT2D eigenvalue weighted by molar-refractivity contribution is 6.41. The van der Waals surface area contributed by atoms with Crippen LogP contribution >= 0.6 is 0 Å². The number of aromatic nitrogens is 5. The van der Waals surface area contributed by atoms with Crippen LogP contribution in [0.4, 0.5) is 11.4 Å². The summed E-state index contributed by atoms with van der Waals surface area (Å²) in [5.41, 5.74) is 23.7. The van der Waals surface area contributed by atoms with Crippen LogP contribution < -0.4 is 4.90 Å². The smallest absolute Gasteiger partial charge is 0.0810 e. The van der Waals surface area contributed by atoms with E-state index in [2.05, 4.69) is 343 Å². The second-order valence-corrected chi connectivity index (χ2v) is 24.2. The van der Waals surface area contributed by atoms with Crippen molar-refractivity contribution in [3.8, 4) is 39.6 Å². The van der Waals surface area contributed by atoms with Crippen molar-refractivity contribution in [2.24, 2.45) is 0 Å². The van der Waals surface area contributed by atoms with E-state index in [1.807, 2.05) is 0 Å². The lowest BCUT2D eigenvalue weighted by Crippen LogP contribution is -2.28. The molecule has 420 valence electrons. The number of rotatable bonds is 7. The van der Waals surface area contributed by atoms with Gasteiger partial charge in [-0.3, -0.25) is 0 Å². The van der Waals surface area contributed by atoms with E-state index in [9.17, 15) is 0 Å². The monoisotopic (exact) mass is 1150 g/mol. The highest BCUT2D eigenvalue weighted by Gasteiger charge is 2.43. The molecule has 18 aromatic rings. The van der Waals surface area contributed by atoms with Crippen molar-refractivity contribution < 1.29 is 0 Å². The summed E-state index contributed by atoms with van der Waals surface area (Å²) >= 11 is 0. The molecule has 90 heavy (non-hydrogen) atoms. The highest BCUT2D eigenvalue weighted by atomic mass is 15.2. The minimum atomic E-state index is 0.0845. The molecule has 0 amide bonds. The summed E-state index contributed by atoms with van der Waals surface area (Å²) in [4.78, 5) is 2.64. The molecule has 1 aliphatic heterocycles. The van der Waals surface area contributed by atoms with Gasteiger partial charge in [0.15, 0.2) is 0 Å². The third-order valence-corrected chi connectivity index (χ3v) is 19.7. The Balaban J connectivity index is 0.818. The van der Waals surface area contributed by atoms with Gasteiger partial charge in [0.1, 0.15) is 0 Å². The van der Waals surface area contributed by atoms with Gasteiger partial charge in [-0.05, 0) is 120 Å². The predicted octanol–water partition coefficient (Wildman–Crippen LogP) is 21.6. The van der Waals surface area contributed by atoms with E-state index in [0.29, 0.717) is 0 Å². The molecule has 20 rings (SSSR count). The second kappa shape index (κ2) is 18.8. The van der Waals surface area contributed by atoms with Crippen LogP contribution in [0.25, 0.3) is 149 Å². The molecule has 0 fully saturated rings. The fourth-order valence-electron chi connectivity index (χ4n) is 16.2. The topological polar surface area (TPSA) is 27.9 Å². The maximum absolute atomic E-state index is 2.64. The van der Waals surface area contributed by atoms with Gasteiger partial charge in [-0.15, -0.1) is 0 Å². The van der Waals surface area contributed by atoms with Crippen LogP contribution in [0.15, 0.2) is 315 Å². The minimum Gasteiger partial charge on any atom is -0.332 e. The number of hydrogen-bond acceptors (Lipinski definition) is 1. The van der Waals surface area contributed by atoms with Crippen LogP contribution in [0.5, 0.6) is 0 Å². The molecule has 1 aliphatic carbocycles. The van der Waals surface area contributed by atoms with E-state index in [1.54, 1.807) is 0 Å². The summed E-state index contributed by atoms with van der Waals surface area (Å²) in [6.07, 6.45) is 9.35. The van der Waals surface area contributed by atoms with Crippen LogP contribution in [0.3, 0.4) is 0 Å². The Morgan fingerprint density at radius 2 is 0.522 bits per heavy atom. The quantitative estimate of drug-likeness (QED) is 0.156. The molecule has 0 N–H and O–H groups in total. The standard InChI is InChI=1S/C84H54N6/c1-5-25-55(26-6-1)85-67-39-19-13-33-61(67)73-75-63-35-15-21-41-69(63)87(57-29-9-3-10-30-57)81(75)83-77(79(73)85)65-37-17-23-43-71(65)89(83)59-49-45-53(46-50-59)54-47-51-60(52-48-54)90-72-44-24-18-38-66(72)78-80-74(62-34-14-20-40-68(62)86(80)56-27-7-2-8-28-56)76-64-36-16-22-42-70(64)88(82(76)84(78)90)58-31-11-4-12-32-58/h1-52,63,69H. The van der Waals surface area contributed by atoms with Crippen LogP contribution in [-0.2, 0) is 0 Å². The average molecular weight is 1150 g/mol. The molecule has 6 heterocycles. The van der Waals surface area contributed by atoms with Gasteiger partial charge in [-0.25, -0.2) is 0 Å². The zero-order chi connectivity index (χ0) is 58.7. The Bertz CT molecular complexity index is 6060. The minimum absolute atomic E-state index is 0.0845. The molecule has 0 saturated heterocycles. The fraction of sp³-hybridized carbons (Fsp3) is 0.0238. The number of nitrogens with zero attached hydrogens (tertiary/aromatic N) is 6. The van der Waals surface area contributed by atoms with Gasteiger partial charge in [-0.2, -0.15) is 0 Å². The zero-order valence-electron chi connectivity index (χ0n) is 48.9. The fourth-order valence-corrected chi connectivity index (χ4v) is 16.2. The van der Waals surface area contributed by atoms with E-state index in [4.69, 9.17) is 0 Å². The van der Waals surface area contributed by atoms with Crippen LogP contribution in [0, 0.1) is 0 Å². The maximum atomic E-state index is 2.64. The summed E-state index contributed by atoms with van der Waals surface area (Å²) in [7, 11) is 0. The normalized spacial score (nSPS) is 14.8. The molecule has 6 heteroatoms. The van der Waals surface area contributed by atoms with Crippen molar-refractivity contribution in [2.75, 3.05) is 4.90 Å². The van der Waals surface area contributed by atoms with E-state index < -0.39 is 0 Å². The molecular weight excluding hydrogens is 1090 g/mol. The third-order valence-electron chi connectivity index (χ3n) is 19.7. The number of anilines is 2. The van der Waals surface area contributed by atoms with Gasteiger partial charge in [0.25, 0.3) is 0 Å². The van der Waals surface area contributed by atoms with E-state index in [1.165, 1.54) is 120 Å². The van der Waals surface area contributed by atoms with Gasteiger partial charge >= 0.3 is 0 Å². The first-order valence-electron chi connectivity index (χ1n) is 31.3. The third kappa shape index (κ3) is 6.66. The molecule has 2 atom stereocenters. The van der Waals surface area contributed by atoms with Crippen molar-refractivity contribution in [1.29, 1.82) is 0 Å². The van der Waals surface area contributed by atoms with E-state index in [0.717, 1.165) is 45.1 Å². The summed E-state index contributed by atoms with van der Waals surface area (Å²) in [5.74, 6) is 0.119. The predicted molar refractivity (Wildman–Crippen MR) is 377 cm³/mol. The number of fused-ring (bicyclic) bond motifs is 24. The molecule has 0 spiro atoms. The number of allylic oxidation sites excluding steroid dienone is 2. The van der Waals surface area contributed by atoms with Crippen molar-refractivity contribution in [3.05, 3.63) is 321 Å². The molecule has 2 aliphatic rings. The van der Waals surface area contributed by atoms with Gasteiger partial charge in [0.2, 0.25) is 0 Å². The lowest BCUT2D eigenvalue weighted by atomic mass is 9.87.